The molecule has 3 rings (SSSR count). The molecular formula is C16H16N2O. The van der Waals surface area contributed by atoms with Crippen molar-refractivity contribution in [3.05, 3.63) is 54.6 Å². The largest absolute Gasteiger partial charge is 0.463 e. The van der Waals surface area contributed by atoms with Crippen LogP contribution in [0.2, 0.25) is 0 Å². The number of benzene rings is 2. The lowest BCUT2D eigenvalue weighted by Gasteiger charge is -2.08. The Morgan fingerprint density at radius 3 is 2.26 bits per heavy atom. The van der Waals surface area contributed by atoms with Crippen molar-refractivity contribution in [2.45, 2.75) is 0 Å². The SMILES string of the molecule is CN1CCOC1=Nc1ccc(-c2ccccc2)cc1. The molecule has 0 saturated carbocycles. The summed E-state index contributed by atoms with van der Waals surface area (Å²) in [4.78, 5) is 6.51. The molecular weight excluding hydrogens is 236 g/mol. The highest BCUT2D eigenvalue weighted by Gasteiger charge is 2.15. The van der Waals surface area contributed by atoms with Gasteiger partial charge in [0.05, 0.1) is 12.2 Å². The average molecular weight is 252 g/mol. The van der Waals surface area contributed by atoms with E-state index in [1.165, 1.54) is 11.1 Å². The minimum atomic E-state index is 0.701. The number of aliphatic imine (C=N–C) groups is 1. The van der Waals surface area contributed by atoms with Gasteiger partial charge in [0.15, 0.2) is 0 Å². The first-order valence-electron chi connectivity index (χ1n) is 6.41. The molecule has 1 fully saturated rings. The minimum Gasteiger partial charge on any atom is -0.463 e. The van der Waals surface area contributed by atoms with Gasteiger partial charge in [-0.3, -0.25) is 0 Å². The van der Waals surface area contributed by atoms with Gasteiger partial charge in [-0.2, -0.15) is 4.99 Å². The number of nitrogens with zero attached hydrogens (tertiary/aromatic N) is 2. The lowest BCUT2D eigenvalue weighted by molar-refractivity contribution is 0.352. The Bertz CT molecular complexity index is 575. The molecule has 2 aromatic rings. The Labute approximate surface area is 113 Å². The van der Waals surface area contributed by atoms with Crippen molar-refractivity contribution in [1.82, 2.24) is 4.90 Å². The van der Waals surface area contributed by atoms with E-state index in [4.69, 9.17) is 4.74 Å². The van der Waals surface area contributed by atoms with Crippen LogP contribution in [0.1, 0.15) is 0 Å². The molecule has 0 radical (unpaired) electrons. The Morgan fingerprint density at radius 2 is 1.63 bits per heavy atom. The molecule has 0 aliphatic carbocycles. The summed E-state index contributed by atoms with van der Waals surface area (Å²) >= 11 is 0. The number of likely N-dealkylation sites (N-methyl/N-ethyl adjacent to an activating group) is 1. The normalized spacial score (nSPS) is 16.7. The molecule has 0 N–H and O–H groups in total. The molecule has 0 unspecified atom stereocenters. The maximum Gasteiger partial charge on any atom is 0.292 e. The van der Waals surface area contributed by atoms with E-state index in [-0.39, 0.29) is 0 Å². The van der Waals surface area contributed by atoms with Gasteiger partial charge in [-0.15, -0.1) is 0 Å². The van der Waals surface area contributed by atoms with E-state index in [2.05, 4.69) is 29.3 Å². The van der Waals surface area contributed by atoms with Gasteiger partial charge in [0.1, 0.15) is 6.61 Å². The van der Waals surface area contributed by atoms with Crippen LogP contribution in [-0.4, -0.2) is 31.1 Å². The molecule has 1 heterocycles. The number of rotatable bonds is 2. The minimum absolute atomic E-state index is 0.701. The molecule has 2 aromatic carbocycles. The van der Waals surface area contributed by atoms with Gasteiger partial charge in [0, 0.05) is 7.05 Å². The van der Waals surface area contributed by atoms with Crippen molar-refractivity contribution in [3.8, 4) is 11.1 Å². The maximum absolute atomic E-state index is 5.46. The second kappa shape index (κ2) is 5.14. The van der Waals surface area contributed by atoms with Crippen LogP contribution in [0.25, 0.3) is 11.1 Å². The van der Waals surface area contributed by atoms with Crippen LogP contribution in [-0.2, 0) is 4.74 Å². The zero-order valence-corrected chi connectivity index (χ0v) is 10.9. The fourth-order valence-electron chi connectivity index (χ4n) is 2.07. The van der Waals surface area contributed by atoms with Gasteiger partial charge >= 0.3 is 0 Å². The van der Waals surface area contributed by atoms with Crippen LogP contribution >= 0.6 is 0 Å². The van der Waals surface area contributed by atoms with Gasteiger partial charge in [0.2, 0.25) is 0 Å². The third-order valence-electron chi connectivity index (χ3n) is 3.18. The highest BCUT2D eigenvalue weighted by Crippen LogP contribution is 2.22. The number of hydrogen-bond acceptors (Lipinski definition) is 2. The van der Waals surface area contributed by atoms with Crippen LogP contribution < -0.4 is 0 Å². The van der Waals surface area contributed by atoms with E-state index in [0.29, 0.717) is 6.02 Å². The van der Waals surface area contributed by atoms with Gasteiger partial charge in [-0.1, -0.05) is 42.5 Å². The van der Waals surface area contributed by atoms with Crippen molar-refractivity contribution >= 4 is 11.7 Å². The second-order valence-electron chi connectivity index (χ2n) is 4.58. The summed E-state index contributed by atoms with van der Waals surface area (Å²) in [6.45, 7) is 1.62. The fourth-order valence-corrected chi connectivity index (χ4v) is 2.07. The van der Waals surface area contributed by atoms with E-state index in [1.54, 1.807) is 0 Å². The van der Waals surface area contributed by atoms with Crippen LogP contribution in [0.3, 0.4) is 0 Å². The summed E-state index contributed by atoms with van der Waals surface area (Å²) in [5.41, 5.74) is 3.34. The number of amidine groups is 1. The average Bonchev–Trinajstić information content (AvgIpc) is 2.86. The molecule has 19 heavy (non-hydrogen) atoms. The van der Waals surface area contributed by atoms with Gasteiger partial charge < -0.3 is 9.64 Å². The van der Waals surface area contributed by atoms with Crippen molar-refractivity contribution in [1.29, 1.82) is 0 Å². The van der Waals surface area contributed by atoms with Crippen LogP contribution in [0.4, 0.5) is 5.69 Å². The van der Waals surface area contributed by atoms with Crippen molar-refractivity contribution in [3.63, 3.8) is 0 Å². The van der Waals surface area contributed by atoms with E-state index in [9.17, 15) is 0 Å². The smallest absolute Gasteiger partial charge is 0.292 e. The third-order valence-corrected chi connectivity index (χ3v) is 3.18. The Hall–Kier alpha value is -2.29. The molecule has 3 nitrogen and oxygen atoms in total. The molecule has 0 aromatic heterocycles. The first-order chi connectivity index (χ1) is 9.33. The second-order valence-corrected chi connectivity index (χ2v) is 4.58. The summed E-state index contributed by atoms with van der Waals surface area (Å²) in [6, 6.07) is 19.2. The summed E-state index contributed by atoms with van der Waals surface area (Å²) in [6.07, 6.45) is 0. The molecule has 0 bridgehead atoms. The summed E-state index contributed by atoms with van der Waals surface area (Å²) in [5.74, 6) is 0. The number of ether oxygens (including phenoxy) is 1. The van der Waals surface area contributed by atoms with Crippen LogP contribution in [0.15, 0.2) is 59.6 Å². The Kier molecular flexibility index (Phi) is 3.19. The molecule has 1 aliphatic heterocycles. The zero-order chi connectivity index (χ0) is 13.1. The van der Waals surface area contributed by atoms with E-state index in [1.807, 2.05) is 42.3 Å². The molecule has 3 heteroatoms. The predicted molar refractivity (Wildman–Crippen MR) is 77.6 cm³/mol. The third kappa shape index (κ3) is 2.60. The fraction of sp³-hybridized carbons (Fsp3) is 0.188. The van der Waals surface area contributed by atoms with Crippen molar-refractivity contribution in [2.75, 3.05) is 20.2 Å². The highest BCUT2D eigenvalue weighted by molar-refractivity contribution is 5.78. The lowest BCUT2D eigenvalue weighted by atomic mass is 10.1. The summed E-state index contributed by atoms with van der Waals surface area (Å²) in [5, 5.41) is 0. The van der Waals surface area contributed by atoms with Gasteiger partial charge in [-0.05, 0) is 23.3 Å². The van der Waals surface area contributed by atoms with Crippen LogP contribution in [0, 0.1) is 0 Å². The quantitative estimate of drug-likeness (QED) is 0.819. The van der Waals surface area contributed by atoms with Gasteiger partial charge in [0.25, 0.3) is 6.02 Å². The van der Waals surface area contributed by atoms with E-state index in [0.717, 1.165) is 18.8 Å². The predicted octanol–water partition coefficient (Wildman–Crippen LogP) is 3.30. The zero-order valence-electron chi connectivity index (χ0n) is 10.9. The van der Waals surface area contributed by atoms with Crippen LogP contribution in [0.5, 0.6) is 0 Å². The molecule has 1 aliphatic rings. The highest BCUT2D eigenvalue weighted by atomic mass is 16.5. The van der Waals surface area contributed by atoms with E-state index >= 15 is 0 Å². The molecule has 0 atom stereocenters. The number of hydrogen-bond donors (Lipinski definition) is 0. The summed E-state index contributed by atoms with van der Waals surface area (Å²) in [7, 11) is 1.99. The van der Waals surface area contributed by atoms with Crippen molar-refractivity contribution in [2.24, 2.45) is 4.99 Å². The maximum atomic E-state index is 5.46. The Balaban J connectivity index is 1.83. The summed E-state index contributed by atoms with van der Waals surface area (Å²) < 4.78 is 5.46. The van der Waals surface area contributed by atoms with Crippen molar-refractivity contribution < 1.29 is 4.74 Å². The molecule has 1 saturated heterocycles. The first kappa shape index (κ1) is 11.8. The molecule has 0 spiro atoms. The first-order valence-corrected chi connectivity index (χ1v) is 6.41. The molecule has 0 amide bonds. The molecule has 96 valence electrons. The van der Waals surface area contributed by atoms with E-state index < -0.39 is 0 Å². The Morgan fingerprint density at radius 1 is 0.947 bits per heavy atom. The lowest BCUT2D eigenvalue weighted by Crippen LogP contribution is -2.19. The standard InChI is InChI=1S/C16H16N2O/c1-18-11-12-19-16(18)17-15-9-7-14(8-10-15)13-5-3-2-4-6-13/h2-10H,11-12H2,1H3. The topological polar surface area (TPSA) is 24.8 Å². The monoisotopic (exact) mass is 252 g/mol. The van der Waals surface area contributed by atoms with Gasteiger partial charge in [-0.25, -0.2) is 0 Å².